The zero-order valence-electron chi connectivity index (χ0n) is 11.5. The number of para-hydroxylation sites is 1. The third-order valence-corrected chi connectivity index (χ3v) is 3.40. The van der Waals surface area contributed by atoms with Gasteiger partial charge in [-0.15, -0.1) is 10.2 Å². The molecule has 0 aliphatic rings. The molecular formula is C13H12F3N3O2S. The van der Waals surface area contributed by atoms with Crippen LogP contribution in [0.25, 0.3) is 0 Å². The van der Waals surface area contributed by atoms with E-state index in [9.17, 15) is 18.0 Å². The first-order valence-electron chi connectivity index (χ1n) is 6.31. The fourth-order valence-corrected chi connectivity index (χ4v) is 2.17. The number of nitrogens with one attached hydrogen (secondary N) is 1. The molecule has 1 aromatic carbocycles. The number of carbonyl (C=O) groups excluding carboxylic acids is 1. The molecule has 118 valence electrons. The number of alkyl halides is 3. The summed E-state index contributed by atoms with van der Waals surface area (Å²) in [5, 5.41) is 9.88. The Bertz CT molecular complexity index is 658. The van der Waals surface area contributed by atoms with Crippen molar-refractivity contribution in [3.8, 4) is 0 Å². The molecule has 0 fully saturated rings. The number of rotatable bonds is 5. The fourth-order valence-electron chi connectivity index (χ4n) is 1.59. The molecule has 0 aliphatic carbocycles. The van der Waals surface area contributed by atoms with Gasteiger partial charge in [-0.2, -0.15) is 13.2 Å². The zero-order chi connectivity index (χ0) is 16.2. The lowest BCUT2D eigenvalue weighted by atomic mass is 10.1. The maximum atomic E-state index is 12.8. The van der Waals surface area contributed by atoms with E-state index in [1.165, 1.54) is 18.2 Å². The van der Waals surface area contributed by atoms with E-state index in [1.54, 1.807) is 0 Å². The van der Waals surface area contributed by atoms with Gasteiger partial charge in [0.25, 0.3) is 5.22 Å². The van der Waals surface area contributed by atoms with Crippen LogP contribution in [0, 0.1) is 0 Å². The molecule has 5 nitrogen and oxygen atoms in total. The van der Waals surface area contributed by atoms with Crippen LogP contribution < -0.4 is 5.32 Å². The van der Waals surface area contributed by atoms with Crippen molar-refractivity contribution in [1.82, 2.24) is 10.2 Å². The van der Waals surface area contributed by atoms with E-state index in [4.69, 9.17) is 4.42 Å². The average Bonchev–Trinajstić information content (AvgIpc) is 2.92. The number of hydrogen-bond acceptors (Lipinski definition) is 5. The summed E-state index contributed by atoms with van der Waals surface area (Å²) >= 11 is 0.964. The number of carbonyl (C=O) groups is 1. The van der Waals surface area contributed by atoms with Crippen LogP contribution in [0.15, 0.2) is 33.9 Å². The quantitative estimate of drug-likeness (QED) is 0.851. The SMILES string of the molecule is CCc1nnc(SCC(=O)Nc2ccccc2C(F)(F)F)o1. The first kappa shape index (κ1) is 16.3. The van der Waals surface area contributed by atoms with Crippen molar-refractivity contribution in [2.24, 2.45) is 0 Å². The van der Waals surface area contributed by atoms with Crippen molar-refractivity contribution in [2.45, 2.75) is 24.7 Å². The van der Waals surface area contributed by atoms with Crippen molar-refractivity contribution < 1.29 is 22.4 Å². The number of thioether (sulfide) groups is 1. The summed E-state index contributed by atoms with van der Waals surface area (Å²) in [5.74, 6) is -0.277. The lowest BCUT2D eigenvalue weighted by molar-refractivity contribution is -0.137. The van der Waals surface area contributed by atoms with Gasteiger partial charge in [0.2, 0.25) is 11.8 Å². The molecule has 1 amide bonds. The highest BCUT2D eigenvalue weighted by molar-refractivity contribution is 7.99. The molecule has 1 N–H and O–H groups in total. The second-order valence-corrected chi connectivity index (χ2v) is 5.12. The van der Waals surface area contributed by atoms with E-state index < -0.39 is 17.6 Å². The minimum Gasteiger partial charge on any atom is -0.416 e. The Balaban J connectivity index is 1.98. The van der Waals surface area contributed by atoms with Gasteiger partial charge < -0.3 is 9.73 Å². The summed E-state index contributed by atoms with van der Waals surface area (Å²) in [7, 11) is 0. The van der Waals surface area contributed by atoms with Gasteiger partial charge in [-0.05, 0) is 12.1 Å². The smallest absolute Gasteiger partial charge is 0.416 e. The van der Waals surface area contributed by atoms with Gasteiger partial charge >= 0.3 is 6.18 Å². The van der Waals surface area contributed by atoms with E-state index in [1.807, 2.05) is 6.92 Å². The lowest BCUT2D eigenvalue weighted by Gasteiger charge is -2.13. The standard InChI is InChI=1S/C13H12F3N3O2S/c1-2-11-18-19-12(21-11)22-7-10(20)17-9-6-4-3-5-8(9)13(14,15)16/h3-6H,2,7H2,1H3,(H,17,20). The molecule has 2 rings (SSSR count). The van der Waals surface area contributed by atoms with Crippen LogP contribution in [-0.4, -0.2) is 21.9 Å². The Morgan fingerprint density at radius 3 is 2.68 bits per heavy atom. The maximum absolute atomic E-state index is 12.8. The molecule has 0 saturated heterocycles. The minimum absolute atomic E-state index is 0.127. The first-order chi connectivity index (χ1) is 10.4. The monoisotopic (exact) mass is 331 g/mol. The van der Waals surface area contributed by atoms with Gasteiger partial charge in [-0.3, -0.25) is 4.79 Å². The molecule has 0 radical (unpaired) electrons. The number of hydrogen-bond donors (Lipinski definition) is 1. The Kier molecular flexibility index (Phi) is 5.07. The predicted octanol–water partition coefficient (Wildman–Crippen LogP) is 3.38. The number of anilines is 1. The van der Waals surface area contributed by atoms with Crippen LogP contribution in [0.2, 0.25) is 0 Å². The summed E-state index contributed by atoms with van der Waals surface area (Å²) in [6, 6.07) is 4.79. The van der Waals surface area contributed by atoms with E-state index in [0.29, 0.717) is 12.3 Å². The Morgan fingerprint density at radius 2 is 2.05 bits per heavy atom. The number of aryl methyl sites for hydroxylation is 1. The number of benzene rings is 1. The molecule has 22 heavy (non-hydrogen) atoms. The van der Waals surface area contributed by atoms with Crippen molar-refractivity contribution in [1.29, 1.82) is 0 Å². The number of aromatic nitrogens is 2. The second kappa shape index (κ2) is 6.82. The van der Waals surface area contributed by atoms with Crippen LogP contribution in [0.5, 0.6) is 0 Å². The molecule has 0 atom stereocenters. The van der Waals surface area contributed by atoms with Crippen molar-refractivity contribution >= 4 is 23.4 Å². The normalized spacial score (nSPS) is 11.5. The largest absolute Gasteiger partial charge is 0.418 e. The van der Waals surface area contributed by atoms with Crippen molar-refractivity contribution in [3.63, 3.8) is 0 Å². The average molecular weight is 331 g/mol. The van der Waals surface area contributed by atoms with Gasteiger partial charge in [-0.1, -0.05) is 30.8 Å². The van der Waals surface area contributed by atoms with Gasteiger partial charge in [-0.25, -0.2) is 0 Å². The number of halogens is 3. The third-order valence-electron chi connectivity index (χ3n) is 2.58. The molecule has 1 heterocycles. The summed E-state index contributed by atoms with van der Waals surface area (Å²) in [5.41, 5.74) is -1.17. The Morgan fingerprint density at radius 1 is 1.32 bits per heavy atom. The van der Waals surface area contributed by atoms with Crippen molar-refractivity contribution in [2.75, 3.05) is 11.1 Å². The maximum Gasteiger partial charge on any atom is 0.418 e. The van der Waals surface area contributed by atoms with E-state index in [-0.39, 0.29) is 16.7 Å². The molecule has 0 unspecified atom stereocenters. The van der Waals surface area contributed by atoms with Gasteiger partial charge in [0.15, 0.2) is 0 Å². The van der Waals surface area contributed by atoms with Crippen LogP contribution in [-0.2, 0) is 17.4 Å². The van der Waals surface area contributed by atoms with Gasteiger partial charge in [0.05, 0.1) is 17.0 Å². The molecule has 0 aliphatic heterocycles. The first-order valence-corrected chi connectivity index (χ1v) is 7.30. The highest BCUT2D eigenvalue weighted by Gasteiger charge is 2.33. The minimum atomic E-state index is -4.53. The zero-order valence-corrected chi connectivity index (χ0v) is 12.3. The molecule has 1 aromatic heterocycles. The van der Waals surface area contributed by atoms with Gasteiger partial charge in [0.1, 0.15) is 0 Å². The van der Waals surface area contributed by atoms with Crippen LogP contribution in [0.3, 0.4) is 0 Å². The van der Waals surface area contributed by atoms with Crippen LogP contribution in [0.4, 0.5) is 18.9 Å². The van der Waals surface area contributed by atoms with Crippen LogP contribution >= 0.6 is 11.8 Å². The topological polar surface area (TPSA) is 68.0 Å². The molecule has 2 aromatic rings. The van der Waals surface area contributed by atoms with Crippen molar-refractivity contribution in [3.05, 3.63) is 35.7 Å². The van der Waals surface area contributed by atoms with Gasteiger partial charge in [0, 0.05) is 6.42 Å². The number of amides is 1. The summed E-state index contributed by atoms with van der Waals surface area (Å²) < 4.78 is 43.6. The molecule has 9 heteroatoms. The summed E-state index contributed by atoms with van der Waals surface area (Å²) in [6.45, 7) is 1.84. The van der Waals surface area contributed by atoms with E-state index in [2.05, 4.69) is 15.5 Å². The highest BCUT2D eigenvalue weighted by atomic mass is 32.2. The third kappa shape index (κ3) is 4.23. The van der Waals surface area contributed by atoms with E-state index in [0.717, 1.165) is 17.8 Å². The Hall–Kier alpha value is -2.03. The predicted molar refractivity (Wildman–Crippen MR) is 74.5 cm³/mol. The molecule has 0 spiro atoms. The molecule has 0 bridgehead atoms. The van der Waals surface area contributed by atoms with Crippen LogP contribution in [0.1, 0.15) is 18.4 Å². The fraction of sp³-hybridized carbons (Fsp3) is 0.308. The Labute approximate surface area is 128 Å². The molecule has 0 saturated carbocycles. The summed E-state index contributed by atoms with van der Waals surface area (Å²) in [6.07, 6.45) is -3.96. The summed E-state index contributed by atoms with van der Waals surface area (Å²) in [4.78, 5) is 11.8. The number of nitrogens with zero attached hydrogens (tertiary/aromatic N) is 2. The molecular weight excluding hydrogens is 319 g/mol. The lowest BCUT2D eigenvalue weighted by Crippen LogP contribution is -2.18. The second-order valence-electron chi connectivity index (χ2n) is 4.20. The van der Waals surface area contributed by atoms with E-state index >= 15 is 0 Å². The highest BCUT2D eigenvalue weighted by Crippen LogP contribution is 2.34.